The number of esters is 1. The van der Waals surface area contributed by atoms with Crippen molar-refractivity contribution in [2.75, 3.05) is 24.7 Å². The third-order valence-electron chi connectivity index (χ3n) is 8.41. The number of nitrogens with zero attached hydrogens (tertiary/aromatic N) is 2. The van der Waals surface area contributed by atoms with Crippen LogP contribution in [0.1, 0.15) is 44.2 Å². The molecule has 4 rings (SSSR count). The van der Waals surface area contributed by atoms with E-state index in [1.165, 1.54) is 6.08 Å². The number of carbonyl (C=O) groups is 3. The molecule has 3 fully saturated rings. The molecule has 200 valence electrons. The van der Waals surface area contributed by atoms with Crippen molar-refractivity contribution in [2.45, 2.75) is 68.5 Å². The van der Waals surface area contributed by atoms with E-state index in [1.807, 2.05) is 45.9 Å². The summed E-state index contributed by atoms with van der Waals surface area (Å²) in [5, 5.41) is 10.3. The minimum absolute atomic E-state index is 0.0734. The number of benzene rings is 1. The summed E-state index contributed by atoms with van der Waals surface area (Å²) in [6, 6.07) is 4.55. The van der Waals surface area contributed by atoms with Gasteiger partial charge in [-0.15, -0.1) is 18.3 Å². The minimum atomic E-state index is -0.815. The normalized spacial score (nSPS) is 30.7. The molecule has 2 bridgehead atoms. The SMILES string of the molecule is C=CCOC(=O)[C@H]1[C@H]2C(=O)N([C@@H](CC)CO)C(C(=O)N(CC=C)c3c(C)cccc3C)C23CC[C@]1(C)S3. The van der Waals surface area contributed by atoms with Crippen LogP contribution >= 0.6 is 11.8 Å². The van der Waals surface area contributed by atoms with Crippen molar-refractivity contribution in [3.63, 3.8) is 0 Å². The first-order valence-electron chi connectivity index (χ1n) is 13.0. The molecule has 0 aromatic heterocycles. The highest BCUT2D eigenvalue weighted by Crippen LogP contribution is 2.72. The molecule has 2 amide bonds. The number of hydrogen-bond acceptors (Lipinski definition) is 6. The average molecular weight is 527 g/mol. The Kier molecular flexibility index (Phi) is 7.64. The van der Waals surface area contributed by atoms with Crippen LogP contribution in [0.15, 0.2) is 43.5 Å². The molecule has 1 aromatic carbocycles. The molecule has 3 heterocycles. The summed E-state index contributed by atoms with van der Waals surface area (Å²) >= 11 is 1.60. The lowest BCUT2D eigenvalue weighted by Gasteiger charge is -2.40. The second-order valence-electron chi connectivity index (χ2n) is 10.6. The fraction of sp³-hybridized carbons (Fsp3) is 0.552. The Hall–Kier alpha value is -2.58. The molecule has 1 N–H and O–H groups in total. The van der Waals surface area contributed by atoms with Crippen molar-refractivity contribution >= 4 is 35.2 Å². The van der Waals surface area contributed by atoms with Crippen LogP contribution in [-0.2, 0) is 19.1 Å². The van der Waals surface area contributed by atoms with Crippen LogP contribution in [0.5, 0.6) is 0 Å². The summed E-state index contributed by atoms with van der Waals surface area (Å²) in [4.78, 5) is 45.5. The zero-order valence-electron chi connectivity index (χ0n) is 22.2. The van der Waals surface area contributed by atoms with E-state index >= 15 is 0 Å². The Morgan fingerprint density at radius 3 is 2.51 bits per heavy atom. The first kappa shape index (κ1) is 27.5. The fourth-order valence-corrected chi connectivity index (χ4v) is 9.16. The van der Waals surface area contributed by atoms with E-state index in [9.17, 15) is 19.5 Å². The molecule has 6 atom stereocenters. The molecule has 8 heteroatoms. The van der Waals surface area contributed by atoms with Gasteiger partial charge in [0.05, 0.1) is 29.2 Å². The number of aliphatic hydroxyl groups excluding tert-OH is 1. The molecule has 0 saturated carbocycles. The molecule has 0 radical (unpaired) electrons. The predicted molar refractivity (Wildman–Crippen MR) is 146 cm³/mol. The minimum Gasteiger partial charge on any atom is -0.461 e. The van der Waals surface area contributed by atoms with Crippen LogP contribution < -0.4 is 4.90 Å². The molecule has 1 spiro atoms. The Balaban J connectivity index is 1.86. The average Bonchev–Trinajstić information content (AvgIpc) is 3.43. The zero-order valence-corrected chi connectivity index (χ0v) is 23.1. The second-order valence-corrected chi connectivity index (χ2v) is 12.5. The lowest BCUT2D eigenvalue weighted by molar-refractivity contribution is -0.155. The van der Waals surface area contributed by atoms with Gasteiger partial charge in [0.25, 0.3) is 5.91 Å². The largest absolute Gasteiger partial charge is 0.461 e. The summed E-state index contributed by atoms with van der Waals surface area (Å²) in [7, 11) is 0. The molecule has 3 aliphatic heterocycles. The number of hydrogen-bond donors (Lipinski definition) is 1. The highest BCUT2D eigenvalue weighted by Gasteiger charge is 2.78. The monoisotopic (exact) mass is 526 g/mol. The quantitative estimate of drug-likeness (QED) is 0.369. The molecule has 3 aliphatic rings. The molecule has 1 aromatic rings. The number of rotatable bonds is 10. The smallest absolute Gasteiger partial charge is 0.311 e. The van der Waals surface area contributed by atoms with Crippen molar-refractivity contribution in [1.29, 1.82) is 0 Å². The summed E-state index contributed by atoms with van der Waals surface area (Å²) in [6.07, 6.45) is 5.04. The van der Waals surface area contributed by atoms with Crippen LogP contribution in [0.25, 0.3) is 0 Å². The van der Waals surface area contributed by atoms with Gasteiger partial charge < -0.3 is 19.6 Å². The molecular weight excluding hydrogens is 488 g/mol. The van der Waals surface area contributed by atoms with Gasteiger partial charge in [-0.25, -0.2) is 0 Å². The standard InChI is InChI=1S/C29H38N2O5S/c1-7-15-30(23-18(4)11-10-12-19(23)5)26(34)24-29-14-13-28(6,37-29)22(27(35)36-16-8-2)21(29)25(33)31(24)20(9-3)17-32/h7-8,10-12,20-22,24,32H,1-2,9,13-17H2,3-6H3/t20-,21-,22+,24?,28-,29?/m0/s1. The van der Waals surface area contributed by atoms with Gasteiger partial charge in [0.2, 0.25) is 5.91 Å². The second kappa shape index (κ2) is 10.3. The maximum atomic E-state index is 14.7. The Morgan fingerprint density at radius 2 is 1.95 bits per heavy atom. The molecule has 2 unspecified atom stereocenters. The maximum Gasteiger partial charge on any atom is 0.311 e. The Labute approximate surface area is 223 Å². The number of aliphatic hydroxyl groups is 1. The Morgan fingerprint density at radius 1 is 1.27 bits per heavy atom. The van der Waals surface area contributed by atoms with Crippen molar-refractivity contribution < 1.29 is 24.2 Å². The van der Waals surface area contributed by atoms with Crippen LogP contribution in [0.4, 0.5) is 5.69 Å². The number of thioether (sulfide) groups is 1. The molecule has 3 saturated heterocycles. The predicted octanol–water partition coefficient (Wildman–Crippen LogP) is 3.80. The van der Waals surface area contributed by atoms with E-state index in [1.54, 1.807) is 27.6 Å². The molecular formula is C29H38N2O5S. The number of amides is 2. The lowest BCUT2D eigenvalue weighted by Crippen LogP contribution is -2.57. The van der Waals surface area contributed by atoms with E-state index in [-0.39, 0.29) is 31.6 Å². The van der Waals surface area contributed by atoms with Crippen LogP contribution in [-0.4, -0.2) is 69.1 Å². The highest BCUT2D eigenvalue weighted by atomic mass is 32.2. The van der Waals surface area contributed by atoms with Gasteiger partial charge in [0.1, 0.15) is 12.6 Å². The number of ether oxygens (including phenoxy) is 1. The highest BCUT2D eigenvalue weighted by molar-refractivity contribution is 8.02. The number of likely N-dealkylation sites (tertiary alicyclic amines) is 1. The Bertz CT molecular complexity index is 1100. The topological polar surface area (TPSA) is 87.1 Å². The first-order chi connectivity index (χ1) is 17.6. The van der Waals surface area contributed by atoms with Gasteiger partial charge in [-0.2, -0.15) is 0 Å². The lowest BCUT2D eigenvalue weighted by atomic mass is 9.66. The van der Waals surface area contributed by atoms with Crippen LogP contribution in [0, 0.1) is 25.7 Å². The maximum absolute atomic E-state index is 14.7. The van der Waals surface area contributed by atoms with Gasteiger partial charge in [0, 0.05) is 17.0 Å². The van der Waals surface area contributed by atoms with E-state index in [4.69, 9.17) is 4.74 Å². The van der Waals surface area contributed by atoms with Crippen molar-refractivity contribution in [1.82, 2.24) is 4.90 Å². The van der Waals surface area contributed by atoms with E-state index in [0.29, 0.717) is 19.3 Å². The number of para-hydroxylation sites is 1. The summed E-state index contributed by atoms with van der Waals surface area (Å²) < 4.78 is 4.19. The van der Waals surface area contributed by atoms with Crippen molar-refractivity contribution in [3.05, 3.63) is 54.6 Å². The summed E-state index contributed by atoms with van der Waals surface area (Å²) in [5.41, 5.74) is 2.72. The third kappa shape index (κ3) is 4.13. The first-order valence-corrected chi connectivity index (χ1v) is 13.8. The third-order valence-corrected chi connectivity index (χ3v) is 10.4. The van der Waals surface area contributed by atoms with Gasteiger partial charge in [-0.1, -0.05) is 43.9 Å². The van der Waals surface area contributed by atoms with Gasteiger partial charge in [-0.05, 0) is 51.2 Å². The van der Waals surface area contributed by atoms with Gasteiger partial charge in [0.15, 0.2) is 0 Å². The molecule has 7 nitrogen and oxygen atoms in total. The number of carbonyl (C=O) groups excluding carboxylic acids is 3. The van der Waals surface area contributed by atoms with E-state index in [2.05, 4.69) is 13.2 Å². The van der Waals surface area contributed by atoms with Crippen molar-refractivity contribution in [2.24, 2.45) is 11.8 Å². The zero-order chi connectivity index (χ0) is 27.1. The molecule has 37 heavy (non-hydrogen) atoms. The van der Waals surface area contributed by atoms with Crippen molar-refractivity contribution in [3.8, 4) is 0 Å². The van der Waals surface area contributed by atoms with Gasteiger partial charge in [-0.3, -0.25) is 14.4 Å². The van der Waals surface area contributed by atoms with Gasteiger partial charge >= 0.3 is 5.97 Å². The van der Waals surface area contributed by atoms with E-state index < -0.39 is 39.4 Å². The van der Waals surface area contributed by atoms with Crippen LogP contribution in [0.3, 0.4) is 0 Å². The summed E-state index contributed by atoms with van der Waals surface area (Å²) in [6.45, 7) is 15.5. The molecule has 0 aliphatic carbocycles. The van der Waals surface area contributed by atoms with E-state index in [0.717, 1.165) is 16.8 Å². The number of aryl methyl sites for hydroxylation is 2. The number of fused-ring (bicyclic) bond motifs is 1. The number of anilines is 1. The van der Waals surface area contributed by atoms with Crippen LogP contribution in [0.2, 0.25) is 0 Å². The summed E-state index contributed by atoms with van der Waals surface area (Å²) in [5.74, 6) is -2.21. The fourth-order valence-electron chi connectivity index (χ4n) is 6.84.